The van der Waals surface area contributed by atoms with Gasteiger partial charge in [-0.3, -0.25) is 9.59 Å². The summed E-state index contributed by atoms with van der Waals surface area (Å²) in [4.78, 5) is 34.2. The molecule has 0 atom stereocenters. The minimum Gasteiger partial charge on any atom is -0.452 e. The second kappa shape index (κ2) is 8.06. The molecule has 6 nitrogen and oxygen atoms in total. The average Bonchev–Trinajstić information content (AvgIpc) is 2.40. The van der Waals surface area contributed by atoms with Crippen LogP contribution in [-0.2, 0) is 14.3 Å². The molecule has 1 aromatic carbocycles. The summed E-state index contributed by atoms with van der Waals surface area (Å²) in [7, 11) is 0. The second-order valence-corrected chi connectivity index (χ2v) is 4.73. The van der Waals surface area contributed by atoms with Crippen molar-refractivity contribution in [3.05, 3.63) is 35.4 Å². The van der Waals surface area contributed by atoms with Crippen LogP contribution in [0.3, 0.4) is 0 Å². The van der Waals surface area contributed by atoms with E-state index in [1.165, 1.54) is 0 Å². The highest BCUT2D eigenvalue weighted by atomic mass is 19.1. The van der Waals surface area contributed by atoms with Gasteiger partial charge in [-0.1, -0.05) is 0 Å². The van der Waals surface area contributed by atoms with E-state index in [0.29, 0.717) is 6.07 Å². The van der Waals surface area contributed by atoms with Crippen LogP contribution in [0.15, 0.2) is 18.2 Å². The molecular formula is C14H16F2N2O4. The van der Waals surface area contributed by atoms with Crippen LogP contribution in [0.5, 0.6) is 0 Å². The Kier molecular flexibility index (Phi) is 6.43. The predicted molar refractivity (Wildman–Crippen MR) is 72.9 cm³/mol. The Morgan fingerprint density at radius 1 is 1.09 bits per heavy atom. The Labute approximate surface area is 125 Å². The molecule has 0 saturated heterocycles. The number of nitrogens with one attached hydrogen (secondary N) is 2. The highest BCUT2D eigenvalue weighted by molar-refractivity contribution is 5.92. The molecule has 22 heavy (non-hydrogen) atoms. The first-order chi connectivity index (χ1) is 10.3. The lowest BCUT2D eigenvalue weighted by molar-refractivity contribution is -0.128. The third-order valence-electron chi connectivity index (χ3n) is 2.33. The molecule has 0 unspecified atom stereocenters. The van der Waals surface area contributed by atoms with Crippen molar-refractivity contribution in [1.29, 1.82) is 0 Å². The molecule has 8 heteroatoms. The Balaban J connectivity index is 2.40. The summed E-state index contributed by atoms with van der Waals surface area (Å²) in [6.45, 7) is 2.61. The van der Waals surface area contributed by atoms with Crippen LogP contribution in [0.1, 0.15) is 24.2 Å². The number of rotatable bonds is 6. The quantitative estimate of drug-likeness (QED) is 0.759. The highest BCUT2D eigenvalue weighted by Gasteiger charge is 2.13. The van der Waals surface area contributed by atoms with Crippen molar-refractivity contribution in [3.8, 4) is 0 Å². The van der Waals surface area contributed by atoms with E-state index < -0.39 is 30.1 Å². The van der Waals surface area contributed by atoms with Gasteiger partial charge >= 0.3 is 5.97 Å². The Morgan fingerprint density at radius 3 is 2.23 bits per heavy atom. The van der Waals surface area contributed by atoms with E-state index >= 15 is 0 Å². The molecule has 0 fully saturated rings. The molecule has 0 saturated carbocycles. The van der Waals surface area contributed by atoms with Gasteiger partial charge in [0, 0.05) is 12.1 Å². The predicted octanol–water partition coefficient (Wildman–Crippen LogP) is 0.762. The fourth-order valence-electron chi connectivity index (χ4n) is 1.49. The van der Waals surface area contributed by atoms with E-state index in [4.69, 9.17) is 0 Å². The SMILES string of the molecule is CC(C)NC(=O)CNC(=O)COC(=O)c1cc(F)cc(F)c1. The number of amides is 2. The summed E-state index contributed by atoms with van der Waals surface area (Å²) in [6.07, 6.45) is 0. The Hall–Kier alpha value is -2.51. The van der Waals surface area contributed by atoms with Gasteiger partial charge in [-0.25, -0.2) is 13.6 Å². The summed E-state index contributed by atoms with van der Waals surface area (Å²) >= 11 is 0. The van der Waals surface area contributed by atoms with Crippen LogP contribution in [0.25, 0.3) is 0 Å². The largest absolute Gasteiger partial charge is 0.452 e. The third kappa shape index (κ3) is 6.29. The summed E-state index contributed by atoms with van der Waals surface area (Å²) in [5.74, 6) is -3.99. The molecular weight excluding hydrogens is 298 g/mol. The van der Waals surface area contributed by atoms with Crippen LogP contribution in [0.4, 0.5) is 8.78 Å². The molecule has 1 aromatic rings. The van der Waals surface area contributed by atoms with Gasteiger partial charge in [0.05, 0.1) is 12.1 Å². The lowest BCUT2D eigenvalue weighted by Gasteiger charge is -2.09. The molecule has 2 amide bonds. The van der Waals surface area contributed by atoms with Crippen molar-refractivity contribution < 1.29 is 27.9 Å². The highest BCUT2D eigenvalue weighted by Crippen LogP contribution is 2.09. The zero-order valence-corrected chi connectivity index (χ0v) is 12.1. The number of ether oxygens (including phenoxy) is 1. The topological polar surface area (TPSA) is 84.5 Å². The fourth-order valence-corrected chi connectivity index (χ4v) is 1.49. The number of benzene rings is 1. The van der Waals surface area contributed by atoms with E-state index in [1.54, 1.807) is 13.8 Å². The number of carbonyl (C=O) groups excluding carboxylic acids is 3. The van der Waals surface area contributed by atoms with E-state index in [2.05, 4.69) is 15.4 Å². The summed E-state index contributed by atoms with van der Waals surface area (Å²) in [5.41, 5.74) is -0.345. The number of halogens is 2. The first kappa shape index (κ1) is 17.5. The third-order valence-corrected chi connectivity index (χ3v) is 2.33. The maximum Gasteiger partial charge on any atom is 0.338 e. The van der Waals surface area contributed by atoms with Gasteiger partial charge in [-0.2, -0.15) is 0 Å². The van der Waals surface area contributed by atoms with Crippen LogP contribution in [0.2, 0.25) is 0 Å². The minimum absolute atomic E-state index is 0.0647. The monoisotopic (exact) mass is 314 g/mol. The van der Waals surface area contributed by atoms with Gasteiger partial charge in [-0.05, 0) is 26.0 Å². The molecule has 0 radical (unpaired) electrons. The van der Waals surface area contributed by atoms with E-state index in [9.17, 15) is 23.2 Å². The molecule has 0 bridgehead atoms. The van der Waals surface area contributed by atoms with E-state index in [0.717, 1.165) is 12.1 Å². The number of hydrogen-bond acceptors (Lipinski definition) is 4. The molecule has 0 aliphatic rings. The molecule has 2 N–H and O–H groups in total. The lowest BCUT2D eigenvalue weighted by Crippen LogP contribution is -2.41. The summed E-state index contributed by atoms with van der Waals surface area (Å²) < 4.78 is 30.5. The molecule has 0 aromatic heterocycles. The first-order valence-corrected chi connectivity index (χ1v) is 6.47. The molecule has 120 valence electrons. The second-order valence-electron chi connectivity index (χ2n) is 4.73. The van der Waals surface area contributed by atoms with Gasteiger partial charge in [-0.15, -0.1) is 0 Å². The molecule has 1 rings (SSSR count). The standard InChI is InChI=1S/C14H16F2N2O4/c1-8(2)18-12(19)6-17-13(20)7-22-14(21)9-3-10(15)5-11(16)4-9/h3-5,8H,6-7H2,1-2H3,(H,17,20)(H,18,19). The normalized spacial score (nSPS) is 10.2. The number of hydrogen-bond donors (Lipinski definition) is 2. The van der Waals surface area contributed by atoms with Gasteiger partial charge < -0.3 is 15.4 Å². The van der Waals surface area contributed by atoms with Crippen molar-refractivity contribution in [1.82, 2.24) is 10.6 Å². The fraction of sp³-hybridized carbons (Fsp3) is 0.357. The van der Waals surface area contributed by atoms with Gasteiger partial charge in [0.2, 0.25) is 5.91 Å². The van der Waals surface area contributed by atoms with Crippen LogP contribution >= 0.6 is 0 Å². The maximum absolute atomic E-state index is 12.9. The maximum atomic E-state index is 12.9. The number of esters is 1. The first-order valence-electron chi connectivity index (χ1n) is 6.47. The number of carbonyl (C=O) groups is 3. The molecule has 0 spiro atoms. The van der Waals surface area contributed by atoms with E-state index in [-0.39, 0.29) is 24.1 Å². The Morgan fingerprint density at radius 2 is 1.68 bits per heavy atom. The van der Waals surface area contributed by atoms with Crippen LogP contribution < -0.4 is 10.6 Å². The zero-order valence-electron chi connectivity index (χ0n) is 12.1. The van der Waals surface area contributed by atoms with E-state index in [1.807, 2.05) is 0 Å². The summed E-state index contributed by atoms with van der Waals surface area (Å²) in [6, 6.07) is 2.13. The molecule has 0 heterocycles. The van der Waals surface area contributed by atoms with Crippen molar-refractivity contribution in [2.24, 2.45) is 0 Å². The summed E-state index contributed by atoms with van der Waals surface area (Å²) in [5, 5.41) is 4.80. The Bertz CT molecular complexity index is 556. The van der Waals surface area contributed by atoms with Crippen molar-refractivity contribution >= 4 is 17.8 Å². The van der Waals surface area contributed by atoms with Crippen molar-refractivity contribution in [3.63, 3.8) is 0 Å². The molecule has 0 aliphatic heterocycles. The van der Waals surface area contributed by atoms with Crippen molar-refractivity contribution in [2.75, 3.05) is 13.2 Å². The van der Waals surface area contributed by atoms with Crippen LogP contribution in [-0.4, -0.2) is 37.0 Å². The van der Waals surface area contributed by atoms with Gasteiger partial charge in [0.15, 0.2) is 6.61 Å². The smallest absolute Gasteiger partial charge is 0.338 e. The van der Waals surface area contributed by atoms with Crippen LogP contribution in [0, 0.1) is 11.6 Å². The zero-order chi connectivity index (χ0) is 16.7. The average molecular weight is 314 g/mol. The lowest BCUT2D eigenvalue weighted by atomic mass is 10.2. The van der Waals surface area contributed by atoms with Gasteiger partial charge in [0.1, 0.15) is 11.6 Å². The van der Waals surface area contributed by atoms with Crippen molar-refractivity contribution in [2.45, 2.75) is 19.9 Å². The molecule has 0 aliphatic carbocycles. The minimum atomic E-state index is -1.04. The van der Waals surface area contributed by atoms with Gasteiger partial charge in [0.25, 0.3) is 5.91 Å².